The number of benzene rings is 1. The van der Waals surface area contributed by atoms with Gasteiger partial charge in [0.2, 0.25) is 5.78 Å². The molecule has 0 unspecified atom stereocenters. The maximum atomic E-state index is 12.4. The van der Waals surface area contributed by atoms with Crippen molar-refractivity contribution in [3.63, 3.8) is 0 Å². The zero-order chi connectivity index (χ0) is 13.8. The maximum absolute atomic E-state index is 12.4. The summed E-state index contributed by atoms with van der Waals surface area (Å²) >= 11 is 3.37. The molecule has 0 fully saturated rings. The Morgan fingerprint density at radius 1 is 1.47 bits per heavy atom. The fraction of sp³-hybridized carbons (Fsp3) is 0.308. The quantitative estimate of drug-likeness (QED) is 0.794. The minimum absolute atomic E-state index is 0.0956. The minimum Gasteiger partial charge on any atom is -0.496 e. The average molecular weight is 324 g/mol. The molecule has 0 aliphatic rings. The van der Waals surface area contributed by atoms with Gasteiger partial charge < -0.3 is 4.74 Å². The first kappa shape index (κ1) is 13.7. The smallest absolute Gasteiger partial charge is 0.212 e. The number of methoxy groups -OCH3 is 1. The highest BCUT2D eigenvalue weighted by molar-refractivity contribution is 9.10. The van der Waals surface area contributed by atoms with Crippen LogP contribution in [0.4, 0.5) is 0 Å². The summed E-state index contributed by atoms with van der Waals surface area (Å²) in [6.07, 6.45) is 2.39. The van der Waals surface area contributed by atoms with E-state index in [4.69, 9.17) is 4.74 Å². The monoisotopic (exact) mass is 323 g/mol. The van der Waals surface area contributed by atoms with Crippen LogP contribution >= 0.6 is 15.9 Å². The molecule has 0 saturated carbocycles. The van der Waals surface area contributed by atoms with E-state index in [0.29, 0.717) is 23.6 Å². The fourth-order valence-electron chi connectivity index (χ4n) is 1.77. The number of ketones is 1. The van der Waals surface area contributed by atoms with Crippen LogP contribution in [0.3, 0.4) is 0 Å². The van der Waals surface area contributed by atoms with Crippen molar-refractivity contribution in [2.45, 2.75) is 19.9 Å². The van der Waals surface area contributed by atoms with Crippen molar-refractivity contribution in [3.8, 4) is 5.75 Å². The van der Waals surface area contributed by atoms with Gasteiger partial charge in [0, 0.05) is 12.1 Å². The molecule has 1 aromatic carbocycles. The standard InChI is InChI=1S/C13H14BrN3O2/c1-3-6-17-11(8-15-16-17)13(18)9-4-5-12(19-2)10(14)7-9/h4-5,7-8H,3,6H2,1-2H3. The Labute approximate surface area is 119 Å². The number of aryl methyl sites for hydroxylation is 1. The van der Waals surface area contributed by atoms with Crippen molar-refractivity contribution in [1.29, 1.82) is 0 Å². The predicted molar refractivity (Wildman–Crippen MR) is 74.4 cm³/mol. The molecule has 100 valence electrons. The second kappa shape index (κ2) is 5.97. The van der Waals surface area contributed by atoms with Crippen molar-refractivity contribution in [2.24, 2.45) is 0 Å². The minimum atomic E-state index is -0.0956. The number of hydrogen-bond donors (Lipinski definition) is 0. The Morgan fingerprint density at radius 2 is 2.26 bits per heavy atom. The normalized spacial score (nSPS) is 10.5. The van der Waals surface area contributed by atoms with Crippen LogP contribution in [0.15, 0.2) is 28.9 Å². The van der Waals surface area contributed by atoms with E-state index >= 15 is 0 Å². The van der Waals surface area contributed by atoms with Crippen LogP contribution in [0.1, 0.15) is 29.4 Å². The van der Waals surface area contributed by atoms with E-state index in [9.17, 15) is 4.79 Å². The van der Waals surface area contributed by atoms with Gasteiger partial charge >= 0.3 is 0 Å². The van der Waals surface area contributed by atoms with E-state index in [2.05, 4.69) is 26.2 Å². The summed E-state index contributed by atoms with van der Waals surface area (Å²) in [5.74, 6) is 0.596. The zero-order valence-corrected chi connectivity index (χ0v) is 12.3. The molecule has 0 spiro atoms. The first-order valence-corrected chi connectivity index (χ1v) is 6.73. The summed E-state index contributed by atoms with van der Waals surface area (Å²) in [5, 5.41) is 7.72. The highest BCUT2D eigenvalue weighted by atomic mass is 79.9. The second-order valence-electron chi connectivity index (χ2n) is 4.02. The van der Waals surface area contributed by atoms with Gasteiger partial charge in [-0.05, 0) is 40.5 Å². The van der Waals surface area contributed by atoms with Crippen LogP contribution in [0.25, 0.3) is 0 Å². The van der Waals surface area contributed by atoms with Gasteiger partial charge in [0.1, 0.15) is 11.4 Å². The van der Waals surface area contributed by atoms with Crippen LogP contribution < -0.4 is 4.74 Å². The van der Waals surface area contributed by atoms with Crippen LogP contribution in [-0.4, -0.2) is 27.9 Å². The number of carbonyl (C=O) groups is 1. The topological polar surface area (TPSA) is 57.0 Å². The summed E-state index contributed by atoms with van der Waals surface area (Å²) in [6.45, 7) is 2.71. The SMILES string of the molecule is CCCn1nncc1C(=O)c1ccc(OC)c(Br)c1. The van der Waals surface area contributed by atoms with E-state index < -0.39 is 0 Å². The fourth-order valence-corrected chi connectivity index (χ4v) is 2.31. The van der Waals surface area contributed by atoms with Gasteiger partial charge in [0.05, 0.1) is 17.8 Å². The van der Waals surface area contributed by atoms with Gasteiger partial charge in [-0.15, -0.1) is 5.10 Å². The van der Waals surface area contributed by atoms with Gasteiger partial charge in [-0.3, -0.25) is 4.79 Å². The van der Waals surface area contributed by atoms with Crippen molar-refractivity contribution in [3.05, 3.63) is 40.1 Å². The molecular weight excluding hydrogens is 310 g/mol. The third-order valence-electron chi connectivity index (χ3n) is 2.70. The molecule has 2 rings (SSSR count). The molecule has 0 bridgehead atoms. The van der Waals surface area contributed by atoms with Gasteiger partial charge in [-0.25, -0.2) is 4.68 Å². The van der Waals surface area contributed by atoms with Crippen LogP contribution in [0.2, 0.25) is 0 Å². The number of hydrogen-bond acceptors (Lipinski definition) is 4. The highest BCUT2D eigenvalue weighted by Crippen LogP contribution is 2.26. The predicted octanol–water partition coefficient (Wildman–Crippen LogP) is 2.69. The lowest BCUT2D eigenvalue weighted by Crippen LogP contribution is -2.11. The van der Waals surface area contributed by atoms with Gasteiger partial charge in [-0.1, -0.05) is 12.1 Å². The Kier molecular flexibility index (Phi) is 4.31. The van der Waals surface area contributed by atoms with Gasteiger partial charge in [0.15, 0.2) is 0 Å². The van der Waals surface area contributed by atoms with E-state index in [0.717, 1.165) is 10.9 Å². The van der Waals surface area contributed by atoms with Crippen LogP contribution in [-0.2, 0) is 6.54 Å². The number of nitrogens with zero attached hydrogens (tertiary/aromatic N) is 3. The molecule has 0 atom stereocenters. The third-order valence-corrected chi connectivity index (χ3v) is 3.32. The molecule has 19 heavy (non-hydrogen) atoms. The summed E-state index contributed by atoms with van der Waals surface area (Å²) in [4.78, 5) is 12.4. The molecule has 1 aromatic heterocycles. The molecule has 1 heterocycles. The Hall–Kier alpha value is -1.69. The van der Waals surface area contributed by atoms with Crippen molar-refractivity contribution < 1.29 is 9.53 Å². The van der Waals surface area contributed by atoms with E-state index in [-0.39, 0.29) is 5.78 Å². The van der Waals surface area contributed by atoms with Crippen molar-refractivity contribution in [2.75, 3.05) is 7.11 Å². The first-order valence-electron chi connectivity index (χ1n) is 5.94. The van der Waals surface area contributed by atoms with Crippen LogP contribution in [0.5, 0.6) is 5.75 Å². The summed E-state index contributed by atoms with van der Waals surface area (Å²) in [5.41, 5.74) is 1.08. The maximum Gasteiger partial charge on any atom is 0.212 e. The average Bonchev–Trinajstić information content (AvgIpc) is 2.86. The van der Waals surface area contributed by atoms with Crippen molar-refractivity contribution >= 4 is 21.7 Å². The number of ether oxygens (including phenoxy) is 1. The Morgan fingerprint density at radius 3 is 2.89 bits per heavy atom. The number of aromatic nitrogens is 3. The number of halogens is 1. The zero-order valence-electron chi connectivity index (χ0n) is 10.8. The van der Waals surface area contributed by atoms with Crippen molar-refractivity contribution in [1.82, 2.24) is 15.0 Å². The van der Waals surface area contributed by atoms with Crippen LogP contribution in [0, 0.1) is 0 Å². The molecular formula is C13H14BrN3O2. The lowest BCUT2D eigenvalue weighted by Gasteiger charge is -2.06. The molecule has 6 heteroatoms. The van der Waals surface area contributed by atoms with Gasteiger partial charge in [0.25, 0.3) is 0 Å². The largest absolute Gasteiger partial charge is 0.496 e. The van der Waals surface area contributed by atoms with E-state index in [1.54, 1.807) is 30.0 Å². The lowest BCUT2D eigenvalue weighted by molar-refractivity contribution is 0.102. The first-order chi connectivity index (χ1) is 9.17. The molecule has 5 nitrogen and oxygen atoms in total. The molecule has 0 N–H and O–H groups in total. The highest BCUT2D eigenvalue weighted by Gasteiger charge is 2.16. The number of carbonyl (C=O) groups excluding carboxylic acids is 1. The summed E-state index contributed by atoms with van der Waals surface area (Å²) in [7, 11) is 1.59. The van der Waals surface area contributed by atoms with Gasteiger partial charge in [-0.2, -0.15) is 0 Å². The summed E-state index contributed by atoms with van der Waals surface area (Å²) in [6, 6.07) is 5.23. The Balaban J connectivity index is 2.33. The number of rotatable bonds is 5. The molecule has 0 saturated heterocycles. The molecule has 2 aromatic rings. The Bertz CT molecular complexity index is 595. The lowest BCUT2D eigenvalue weighted by atomic mass is 10.1. The van der Waals surface area contributed by atoms with E-state index in [1.807, 2.05) is 6.92 Å². The molecule has 0 aliphatic carbocycles. The molecule has 0 aliphatic heterocycles. The molecule has 0 amide bonds. The van der Waals surface area contributed by atoms with E-state index in [1.165, 1.54) is 6.20 Å². The molecule has 0 radical (unpaired) electrons. The third kappa shape index (κ3) is 2.84. The second-order valence-corrected chi connectivity index (χ2v) is 4.88. The summed E-state index contributed by atoms with van der Waals surface area (Å²) < 4.78 is 7.52.